The SMILES string of the molecule is C=Cc1nn(PI)c2ncc(-c3c(COC)[nH]n(C)c3=O)cc12. The summed E-state index contributed by atoms with van der Waals surface area (Å²) in [6, 6.07) is 1.93. The zero-order chi connectivity index (χ0) is 16.6. The van der Waals surface area contributed by atoms with E-state index in [0.29, 0.717) is 18.5 Å². The molecule has 1 atom stereocenters. The first-order chi connectivity index (χ1) is 11.1. The van der Waals surface area contributed by atoms with Crippen molar-refractivity contribution >= 4 is 45.5 Å². The maximum Gasteiger partial charge on any atom is 0.274 e. The van der Waals surface area contributed by atoms with E-state index < -0.39 is 0 Å². The van der Waals surface area contributed by atoms with Crippen molar-refractivity contribution in [1.82, 2.24) is 24.3 Å². The largest absolute Gasteiger partial charge is 0.378 e. The number of hydrogen-bond acceptors (Lipinski definition) is 4. The van der Waals surface area contributed by atoms with Gasteiger partial charge in [-0.1, -0.05) is 6.58 Å². The molecule has 0 aromatic carbocycles. The highest BCUT2D eigenvalue weighted by atomic mass is 127. The van der Waals surface area contributed by atoms with Crippen LogP contribution in [0.15, 0.2) is 23.6 Å². The predicted octanol–water partition coefficient (Wildman–Crippen LogP) is 2.71. The molecule has 0 radical (unpaired) electrons. The quantitative estimate of drug-likeness (QED) is 0.486. The molecule has 9 heteroatoms. The molecule has 3 aromatic heterocycles. The molecule has 0 fully saturated rings. The van der Waals surface area contributed by atoms with Crippen LogP contribution in [-0.4, -0.2) is 31.4 Å². The van der Waals surface area contributed by atoms with E-state index in [4.69, 9.17) is 4.74 Å². The number of nitrogens with zero attached hydrogens (tertiary/aromatic N) is 4. The zero-order valence-corrected chi connectivity index (χ0v) is 15.8. The van der Waals surface area contributed by atoms with Gasteiger partial charge in [0.25, 0.3) is 5.56 Å². The van der Waals surface area contributed by atoms with E-state index in [1.165, 1.54) is 4.68 Å². The van der Waals surface area contributed by atoms with E-state index in [1.54, 1.807) is 26.4 Å². The Bertz CT molecular complexity index is 943. The number of rotatable bonds is 5. The second-order valence-electron chi connectivity index (χ2n) is 4.94. The molecular weight excluding hydrogens is 428 g/mol. The molecule has 0 saturated heterocycles. The topological polar surface area (TPSA) is 77.7 Å². The summed E-state index contributed by atoms with van der Waals surface area (Å²) >= 11 is 2.26. The molecule has 3 heterocycles. The Kier molecular flexibility index (Phi) is 4.65. The third kappa shape index (κ3) is 2.75. The average Bonchev–Trinajstić information content (AvgIpc) is 3.05. The van der Waals surface area contributed by atoms with Crippen molar-refractivity contribution in [3.63, 3.8) is 0 Å². The molecule has 0 spiro atoms. The van der Waals surface area contributed by atoms with Gasteiger partial charge in [0, 0.05) is 31.3 Å². The van der Waals surface area contributed by atoms with Crippen LogP contribution in [0.5, 0.6) is 0 Å². The highest BCUT2D eigenvalue weighted by Crippen LogP contribution is 2.31. The van der Waals surface area contributed by atoms with Crippen LogP contribution in [0, 0.1) is 0 Å². The first-order valence-corrected chi connectivity index (χ1v) is 10.8. The van der Waals surface area contributed by atoms with Gasteiger partial charge in [-0.25, -0.2) is 9.44 Å². The van der Waals surface area contributed by atoms with Crippen molar-refractivity contribution in [2.75, 3.05) is 7.11 Å². The van der Waals surface area contributed by atoms with Gasteiger partial charge < -0.3 is 4.74 Å². The number of aromatic nitrogens is 5. The summed E-state index contributed by atoms with van der Waals surface area (Å²) in [4.78, 5) is 16.9. The van der Waals surface area contributed by atoms with Crippen molar-refractivity contribution < 1.29 is 4.74 Å². The molecule has 1 N–H and O–H groups in total. The van der Waals surface area contributed by atoms with Crippen LogP contribution in [0.3, 0.4) is 0 Å². The predicted molar refractivity (Wildman–Crippen MR) is 101 cm³/mol. The molecule has 7 nitrogen and oxygen atoms in total. The van der Waals surface area contributed by atoms with Crippen LogP contribution in [-0.2, 0) is 18.4 Å². The molecule has 23 heavy (non-hydrogen) atoms. The minimum atomic E-state index is -0.110. The third-order valence-electron chi connectivity index (χ3n) is 3.52. The second-order valence-corrected chi connectivity index (χ2v) is 6.98. The van der Waals surface area contributed by atoms with Gasteiger partial charge in [-0.3, -0.25) is 14.6 Å². The molecule has 120 valence electrons. The van der Waals surface area contributed by atoms with Crippen molar-refractivity contribution in [2.45, 2.75) is 6.61 Å². The number of fused-ring (bicyclic) bond motifs is 1. The lowest BCUT2D eigenvalue weighted by molar-refractivity contribution is 0.181. The van der Waals surface area contributed by atoms with Gasteiger partial charge >= 0.3 is 0 Å². The number of hydrogen-bond donors (Lipinski definition) is 1. The van der Waals surface area contributed by atoms with Crippen molar-refractivity contribution in [1.29, 1.82) is 0 Å². The van der Waals surface area contributed by atoms with Crippen LogP contribution < -0.4 is 5.56 Å². The number of H-pyrrole nitrogens is 1. The van der Waals surface area contributed by atoms with Gasteiger partial charge in [0.05, 0.1) is 29.9 Å². The summed E-state index contributed by atoms with van der Waals surface area (Å²) in [5, 5.41) is 8.37. The summed E-state index contributed by atoms with van der Waals surface area (Å²) in [7, 11) is 3.28. The normalized spacial score (nSPS) is 11.8. The van der Waals surface area contributed by atoms with Gasteiger partial charge in [0.2, 0.25) is 0 Å². The van der Waals surface area contributed by atoms with Crippen molar-refractivity contribution in [3.05, 3.63) is 40.6 Å². The molecule has 0 aliphatic heterocycles. The Morgan fingerprint density at radius 1 is 1.57 bits per heavy atom. The standard InChI is InChI=1S/C14H15IN5O2P/c1-4-10-9-5-8(6-16-13(9)20(18-10)23-15)12-11(7-22-3)17-19(2)14(12)21/h4-6,17,23H,1,7H2,2-3H3. The fourth-order valence-electron chi connectivity index (χ4n) is 2.52. The van der Waals surface area contributed by atoms with Gasteiger partial charge in [-0.2, -0.15) is 5.10 Å². The minimum Gasteiger partial charge on any atom is -0.378 e. The number of ether oxygens (including phenoxy) is 1. The maximum atomic E-state index is 12.4. The number of halogens is 1. The smallest absolute Gasteiger partial charge is 0.274 e. The molecule has 0 aliphatic carbocycles. The molecule has 0 bridgehead atoms. The molecule has 0 saturated carbocycles. The van der Waals surface area contributed by atoms with E-state index in [1.807, 2.05) is 10.5 Å². The Balaban J connectivity index is 2.26. The fourth-order valence-corrected chi connectivity index (χ4v) is 3.94. The number of pyridine rings is 1. The lowest BCUT2D eigenvalue weighted by atomic mass is 10.1. The average molecular weight is 443 g/mol. The summed E-state index contributed by atoms with van der Waals surface area (Å²) in [6.45, 7) is 4.13. The second kappa shape index (κ2) is 6.54. The Morgan fingerprint density at radius 2 is 2.35 bits per heavy atom. The van der Waals surface area contributed by atoms with E-state index >= 15 is 0 Å². The van der Waals surface area contributed by atoms with Gasteiger partial charge in [0.15, 0.2) is 5.65 Å². The minimum absolute atomic E-state index is 0.110. The van der Waals surface area contributed by atoms with Gasteiger partial charge in [0.1, 0.15) is 0 Å². The lowest BCUT2D eigenvalue weighted by Gasteiger charge is -2.02. The first kappa shape index (κ1) is 16.4. The molecule has 3 rings (SSSR count). The molecule has 1 unspecified atom stereocenters. The molecule has 0 amide bonds. The van der Waals surface area contributed by atoms with Crippen LogP contribution >= 0.6 is 28.4 Å². The highest BCUT2D eigenvalue weighted by molar-refractivity contribution is 14.2. The summed E-state index contributed by atoms with van der Waals surface area (Å²) in [6.07, 6.45) is 3.85. The summed E-state index contributed by atoms with van der Waals surface area (Å²) < 4.78 is 8.45. The number of nitrogens with one attached hydrogen (secondary N) is 1. The van der Waals surface area contributed by atoms with E-state index in [-0.39, 0.29) is 5.56 Å². The van der Waals surface area contributed by atoms with E-state index in [9.17, 15) is 4.79 Å². The maximum absolute atomic E-state index is 12.4. The Hall–Kier alpha value is -1.51. The lowest BCUT2D eigenvalue weighted by Crippen LogP contribution is -2.13. The van der Waals surface area contributed by atoms with Crippen molar-refractivity contribution in [2.24, 2.45) is 7.05 Å². The molecular formula is C14H15IN5O2P. The molecule has 0 aliphatic rings. The van der Waals surface area contributed by atoms with Crippen LogP contribution in [0.1, 0.15) is 11.4 Å². The number of methoxy groups -OCH3 is 1. The van der Waals surface area contributed by atoms with Crippen LogP contribution in [0.2, 0.25) is 0 Å². The van der Waals surface area contributed by atoms with Gasteiger partial charge in [-0.05, 0) is 34.2 Å². The van der Waals surface area contributed by atoms with E-state index in [2.05, 4.69) is 43.8 Å². The highest BCUT2D eigenvalue weighted by Gasteiger charge is 2.17. The van der Waals surface area contributed by atoms with E-state index in [0.717, 1.165) is 28.0 Å². The number of aromatic amines is 1. The zero-order valence-electron chi connectivity index (χ0n) is 12.6. The fraction of sp³-hybridized carbons (Fsp3) is 0.214. The van der Waals surface area contributed by atoms with Crippen LogP contribution in [0.25, 0.3) is 28.2 Å². The number of aryl methyl sites for hydroxylation is 1. The summed E-state index contributed by atoms with van der Waals surface area (Å²) in [5.74, 6) is 0. The monoisotopic (exact) mass is 443 g/mol. The first-order valence-electron chi connectivity index (χ1n) is 6.75. The summed E-state index contributed by atoms with van der Waals surface area (Å²) in [5.41, 5.74) is 3.48. The van der Waals surface area contributed by atoms with Crippen LogP contribution in [0.4, 0.5) is 0 Å². The van der Waals surface area contributed by atoms with Crippen molar-refractivity contribution in [3.8, 4) is 11.1 Å². The Labute approximate surface area is 147 Å². The molecule has 3 aromatic rings. The van der Waals surface area contributed by atoms with Gasteiger partial charge in [-0.15, -0.1) is 0 Å². The Morgan fingerprint density at radius 3 is 3.00 bits per heavy atom. The third-order valence-corrected chi connectivity index (χ3v) is 5.37.